The number of aromatic nitrogens is 1. The van der Waals surface area contributed by atoms with Crippen LogP contribution < -0.4 is 19.7 Å². The third-order valence-corrected chi connectivity index (χ3v) is 5.13. The van der Waals surface area contributed by atoms with Gasteiger partial charge in [-0.3, -0.25) is 9.78 Å². The van der Waals surface area contributed by atoms with Crippen molar-refractivity contribution in [2.75, 3.05) is 52.8 Å². The molecule has 0 unspecified atom stereocenters. The highest BCUT2D eigenvalue weighted by atomic mass is 16.5. The van der Waals surface area contributed by atoms with Gasteiger partial charge in [-0.1, -0.05) is 0 Å². The maximum Gasteiger partial charge on any atom is 0.269 e. The number of fused-ring (bicyclic) bond motifs is 1. The molecule has 156 valence electrons. The number of carbonyl (C=O) groups excluding carboxylic acids is 1. The summed E-state index contributed by atoms with van der Waals surface area (Å²) in [5.74, 6) is 1.37. The summed E-state index contributed by atoms with van der Waals surface area (Å²) >= 11 is 0. The third kappa shape index (κ3) is 5.17. The second-order valence-corrected chi connectivity index (χ2v) is 7.46. The molecule has 0 bridgehead atoms. The van der Waals surface area contributed by atoms with Crippen LogP contribution in [0.3, 0.4) is 0 Å². The lowest BCUT2D eigenvalue weighted by atomic mass is 9.98. The summed E-state index contributed by atoms with van der Waals surface area (Å²) in [7, 11) is 7.35. The fourth-order valence-corrected chi connectivity index (χ4v) is 3.53. The van der Waals surface area contributed by atoms with Crippen molar-refractivity contribution in [2.24, 2.45) is 0 Å². The Bertz CT molecular complexity index is 854. The van der Waals surface area contributed by atoms with Crippen LogP contribution in [0.2, 0.25) is 0 Å². The van der Waals surface area contributed by atoms with Gasteiger partial charge in [0.1, 0.15) is 5.69 Å². The van der Waals surface area contributed by atoms with E-state index in [0.717, 1.165) is 49.7 Å². The van der Waals surface area contributed by atoms with Crippen molar-refractivity contribution in [3.05, 3.63) is 47.3 Å². The number of nitrogens with zero attached hydrogens (tertiary/aromatic N) is 3. The van der Waals surface area contributed by atoms with E-state index in [2.05, 4.69) is 26.2 Å². The van der Waals surface area contributed by atoms with Crippen molar-refractivity contribution in [1.82, 2.24) is 15.2 Å². The van der Waals surface area contributed by atoms with Gasteiger partial charge < -0.3 is 24.6 Å². The molecule has 0 aliphatic carbocycles. The molecule has 29 heavy (non-hydrogen) atoms. The van der Waals surface area contributed by atoms with E-state index < -0.39 is 0 Å². The third-order valence-electron chi connectivity index (χ3n) is 5.13. The first-order valence-electron chi connectivity index (χ1n) is 9.89. The predicted molar refractivity (Wildman–Crippen MR) is 114 cm³/mol. The molecule has 7 heteroatoms. The highest BCUT2D eigenvalue weighted by Gasteiger charge is 2.20. The molecule has 1 aliphatic heterocycles. The SMILES string of the molecule is COc1cc2c(cc1OC)CN(c1ccnc(C(=O)NCCCN(C)C)c1)CC2. The molecule has 2 aromatic rings. The molecule has 0 atom stereocenters. The summed E-state index contributed by atoms with van der Waals surface area (Å²) in [6.07, 6.45) is 3.52. The first kappa shape index (κ1) is 20.9. The van der Waals surface area contributed by atoms with Gasteiger partial charge >= 0.3 is 0 Å². The van der Waals surface area contributed by atoms with Crippen LogP contribution in [-0.4, -0.2) is 63.7 Å². The van der Waals surface area contributed by atoms with Crippen LogP contribution >= 0.6 is 0 Å². The number of nitrogens with one attached hydrogen (secondary N) is 1. The van der Waals surface area contributed by atoms with Crippen molar-refractivity contribution < 1.29 is 14.3 Å². The maximum atomic E-state index is 12.4. The Balaban J connectivity index is 1.69. The van der Waals surface area contributed by atoms with Crippen LogP contribution in [0.15, 0.2) is 30.5 Å². The quantitative estimate of drug-likeness (QED) is 0.689. The molecule has 1 aromatic carbocycles. The summed E-state index contributed by atoms with van der Waals surface area (Å²) in [5, 5.41) is 2.95. The van der Waals surface area contributed by atoms with Gasteiger partial charge in [0.2, 0.25) is 0 Å². The Morgan fingerprint density at radius 1 is 1.17 bits per heavy atom. The lowest BCUT2D eigenvalue weighted by molar-refractivity contribution is 0.0947. The van der Waals surface area contributed by atoms with Gasteiger partial charge in [-0.15, -0.1) is 0 Å². The minimum atomic E-state index is -0.130. The van der Waals surface area contributed by atoms with E-state index >= 15 is 0 Å². The lowest BCUT2D eigenvalue weighted by Gasteiger charge is -2.31. The first-order chi connectivity index (χ1) is 14.0. The van der Waals surface area contributed by atoms with E-state index in [1.165, 1.54) is 11.1 Å². The van der Waals surface area contributed by atoms with Crippen LogP contribution in [0.5, 0.6) is 11.5 Å². The minimum Gasteiger partial charge on any atom is -0.493 e. The number of amides is 1. The van der Waals surface area contributed by atoms with Crippen LogP contribution in [0.4, 0.5) is 5.69 Å². The second-order valence-electron chi connectivity index (χ2n) is 7.46. The summed E-state index contributed by atoms with van der Waals surface area (Å²) in [5.41, 5.74) is 3.93. The number of rotatable bonds is 8. The van der Waals surface area contributed by atoms with E-state index in [0.29, 0.717) is 12.2 Å². The van der Waals surface area contributed by atoms with E-state index in [1.54, 1.807) is 20.4 Å². The smallest absolute Gasteiger partial charge is 0.269 e. The molecule has 0 saturated heterocycles. The van der Waals surface area contributed by atoms with Crippen LogP contribution in [0.1, 0.15) is 28.0 Å². The first-order valence-corrected chi connectivity index (χ1v) is 9.89. The van der Waals surface area contributed by atoms with Gasteiger partial charge in [0.05, 0.1) is 14.2 Å². The van der Waals surface area contributed by atoms with Crippen LogP contribution in [-0.2, 0) is 13.0 Å². The van der Waals surface area contributed by atoms with E-state index in [1.807, 2.05) is 32.3 Å². The van der Waals surface area contributed by atoms with Gasteiger partial charge in [0.25, 0.3) is 5.91 Å². The van der Waals surface area contributed by atoms with Crippen molar-refractivity contribution in [1.29, 1.82) is 0 Å². The average molecular weight is 399 g/mol. The largest absolute Gasteiger partial charge is 0.493 e. The standard InChI is InChI=1S/C22H30N4O3/c1-25(2)10-5-8-24-22(27)19-14-18(6-9-23-19)26-11-7-16-12-20(28-3)21(29-4)13-17(16)15-26/h6,9,12-14H,5,7-8,10-11,15H2,1-4H3,(H,24,27). The van der Waals surface area contributed by atoms with Gasteiger partial charge in [-0.2, -0.15) is 0 Å². The molecule has 1 aromatic heterocycles. The molecule has 0 spiro atoms. The number of benzene rings is 1. The van der Waals surface area contributed by atoms with Gasteiger partial charge in [-0.05, 0) is 68.9 Å². The van der Waals surface area contributed by atoms with Crippen molar-refractivity contribution in [3.8, 4) is 11.5 Å². The number of pyridine rings is 1. The molecule has 0 radical (unpaired) electrons. The fourth-order valence-electron chi connectivity index (χ4n) is 3.53. The Labute approximate surface area is 172 Å². The Hall–Kier alpha value is -2.80. The highest BCUT2D eigenvalue weighted by molar-refractivity contribution is 5.93. The number of carbonyl (C=O) groups is 1. The van der Waals surface area contributed by atoms with E-state index in [4.69, 9.17) is 9.47 Å². The molecule has 1 N–H and O–H groups in total. The predicted octanol–water partition coefficient (Wildman–Crippen LogP) is 2.34. The van der Waals surface area contributed by atoms with E-state index in [9.17, 15) is 4.79 Å². The second kappa shape index (κ2) is 9.60. The van der Waals surface area contributed by atoms with Crippen LogP contribution in [0.25, 0.3) is 0 Å². The van der Waals surface area contributed by atoms with Gasteiger partial charge in [0.15, 0.2) is 11.5 Å². The number of methoxy groups -OCH3 is 2. The number of ether oxygens (including phenoxy) is 2. The summed E-state index contributed by atoms with van der Waals surface area (Å²) in [4.78, 5) is 21.1. The van der Waals surface area contributed by atoms with Crippen molar-refractivity contribution in [2.45, 2.75) is 19.4 Å². The monoisotopic (exact) mass is 398 g/mol. The maximum absolute atomic E-state index is 12.4. The van der Waals surface area contributed by atoms with Crippen molar-refractivity contribution >= 4 is 11.6 Å². The molecular formula is C22H30N4O3. The number of hydrogen-bond acceptors (Lipinski definition) is 6. The van der Waals surface area contributed by atoms with E-state index in [-0.39, 0.29) is 5.91 Å². The molecule has 0 saturated carbocycles. The molecule has 7 nitrogen and oxygen atoms in total. The fraction of sp³-hybridized carbons (Fsp3) is 0.455. The molecule has 1 aliphatic rings. The topological polar surface area (TPSA) is 66.9 Å². The zero-order chi connectivity index (χ0) is 20.8. The Morgan fingerprint density at radius 3 is 2.59 bits per heavy atom. The normalized spacial score (nSPS) is 13.2. The summed E-state index contributed by atoms with van der Waals surface area (Å²) in [6, 6.07) is 7.92. The summed E-state index contributed by atoms with van der Waals surface area (Å²) in [6.45, 7) is 3.21. The Kier molecular flexibility index (Phi) is 6.93. The average Bonchev–Trinajstić information content (AvgIpc) is 2.75. The van der Waals surface area contributed by atoms with Gasteiger partial charge in [-0.25, -0.2) is 0 Å². The minimum absolute atomic E-state index is 0.130. The van der Waals surface area contributed by atoms with Crippen molar-refractivity contribution in [3.63, 3.8) is 0 Å². The summed E-state index contributed by atoms with van der Waals surface area (Å²) < 4.78 is 10.9. The zero-order valence-corrected chi connectivity index (χ0v) is 17.7. The Morgan fingerprint density at radius 2 is 1.90 bits per heavy atom. The molecule has 0 fully saturated rings. The number of anilines is 1. The van der Waals surface area contributed by atoms with Crippen LogP contribution in [0, 0.1) is 0 Å². The zero-order valence-electron chi connectivity index (χ0n) is 17.7. The lowest BCUT2D eigenvalue weighted by Crippen LogP contribution is -2.31. The molecule has 1 amide bonds. The highest BCUT2D eigenvalue weighted by Crippen LogP contribution is 2.34. The molecule has 2 heterocycles. The molecular weight excluding hydrogens is 368 g/mol. The van der Waals surface area contributed by atoms with Gasteiger partial charge in [0, 0.05) is 31.5 Å². The number of hydrogen-bond donors (Lipinski definition) is 1. The molecule has 3 rings (SSSR count).